The van der Waals surface area contributed by atoms with Crippen LogP contribution in [0.2, 0.25) is 0 Å². The van der Waals surface area contributed by atoms with E-state index in [1.165, 1.54) is 24.8 Å². The van der Waals surface area contributed by atoms with E-state index >= 15 is 0 Å². The Morgan fingerprint density at radius 1 is 0.867 bits per heavy atom. The number of aryl methyl sites for hydroxylation is 1. The Bertz CT molecular complexity index is 286. The van der Waals surface area contributed by atoms with Gasteiger partial charge in [-0.15, -0.1) is 0 Å². The third-order valence-electron chi connectivity index (χ3n) is 4.00. The van der Waals surface area contributed by atoms with Crippen molar-refractivity contribution in [1.82, 2.24) is 0 Å². The van der Waals surface area contributed by atoms with Crippen molar-refractivity contribution in [2.75, 3.05) is 0 Å². The van der Waals surface area contributed by atoms with Gasteiger partial charge in [-0.2, -0.15) is 0 Å². The highest BCUT2D eigenvalue weighted by Crippen LogP contribution is 2.36. The smallest absolute Gasteiger partial charge is 0.00521 e. The molecule has 0 aliphatic heterocycles. The van der Waals surface area contributed by atoms with Crippen molar-refractivity contribution in [3.63, 3.8) is 0 Å². The fraction of sp³-hybridized carbons (Fsp3) is 0.600. The molecule has 0 aliphatic carbocycles. The minimum absolute atomic E-state index is 0.409. The van der Waals surface area contributed by atoms with Crippen LogP contribution in [0.4, 0.5) is 0 Å². The molecule has 0 bridgehead atoms. The third-order valence-corrected chi connectivity index (χ3v) is 4.00. The van der Waals surface area contributed by atoms with Crippen LogP contribution < -0.4 is 0 Å². The summed E-state index contributed by atoms with van der Waals surface area (Å²) in [7, 11) is 0. The zero-order valence-corrected chi connectivity index (χ0v) is 10.6. The van der Waals surface area contributed by atoms with Gasteiger partial charge in [0, 0.05) is 0 Å². The third kappa shape index (κ3) is 2.25. The summed E-state index contributed by atoms with van der Waals surface area (Å²) in [4.78, 5) is 0. The molecule has 0 saturated carbocycles. The SMILES string of the molecule is CCc1ccccc1C(CC)(CC)CC. The van der Waals surface area contributed by atoms with E-state index in [1.807, 2.05) is 0 Å². The van der Waals surface area contributed by atoms with Crippen molar-refractivity contribution in [3.8, 4) is 0 Å². The highest BCUT2D eigenvalue weighted by Gasteiger charge is 2.27. The van der Waals surface area contributed by atoms with Crippen LogP contribution in [0.3, 0.4) is 0 Å². The molecular formula is C15H24. The lowest BCUT2D eigenvalue weighted by Gasteiger charge is -2.33. The minimum atomic E-state index is 0.409. The molecule has 0 aromatic heterocycles. The summed E-state index contributed by atoms with van der Waals surface area (Å²) in [6.07, 6.45) is 4.89. The molecular weight excluding hydrogens is 180 g/mol. The maximum Gasteiger partial charge on any atom is -0.00521 e. The van der Waals surface area contributed by atoms with Gasteiger partial charge in [0.25, 0.3) is 0 Å². The monoisotopic (exact) mass is 204 g/mol. The first kappa shape index (κ1) is 12.3. The second-order valence-corrected chi connectivity index (χ2v) is 4.35. The second kappa shape index (κ2) is 5.34. The standard InChI is InChI=1S/C15H24/c1-5-13-11-9-10-12-14(13)15(6-2,7-3)8-4/h9-12H,5-8H2,1-4H3. The van der Waals surface area contributed by atoms with Gasteiger partial charge in [0.2, 0.25) is 0 Å². The molecule has 0 N–H and O–H groups in total. The van der Waals surface area contributed by atoms with Crippen molar-refractivity contribution in [2.24, 2.45) is 0 Å². The molecule has 0 fully saturated rings. The lowest BCUT2D eigenvalue weighted by Crippen LogP contribution is -2.24. The van der Waals surface area contributed by atoms with Crippen molar-refractivity contribution >= 4 is 0 Å². The van der Waals surface area contributed by atoms with E-state index in [-0.39, 0.29) is 0 Å². The van der Waals surface area contributed by atoms with Crippen LogP contribution in [-0.4, -0.2) is 0 Å². The molecule has 0 spiro atoms. The maximum atomic E-state index is 2.33. The molecule has 0 heterocycles. The minimum Gasteiger partial charge on any atom is -0.0645 e. The van der Waals surface area contributed by atoms with Crippen molar-refractivity contribution in [1.29, 1.82) is 0 Å². The first-order valence-corrected chi connectivity index (χ1v) is 6.32. The Morgan fingerprint density at radius 2 is 1.40 bits per heavy atom. The van der Waals surface area contributed by atoms with E-state index in [0.29, 0.717) is 5.41 Å². The lowest BCUT2D eigenvalue weighted by molar-refractivity contribution is 0.379. The predicted molar refractivity (Wildman–Crippen MR) is 68.4 cm³/mol. The van der Waals surface area contributed by atoms with Crippen LogP contribution in [0.15, 0.2) is 24.3 Å². The Labute approximate surface area is 94.7 Å². The van der Waals surface area contributed by atoms with E-state index in [1.54, 1.807) is 5.56 Å². The van der Waals surface area contributed by atoms with Gasteiger partial charge in [-0.3, -0.25) is 0 Å². The maximum absolute atomic E-state index is 2.33. The molecule has 0 aliphatic rings. The van der Waals surface area contributed by atoms with Gasteiger partial charge in [0.1, 0.15) is 0 Å². The van der Waals surface area contributed by atoms with Gasteiger partial charge < -0.3 is 0 Å². The summed E-state index contributed by atoms with van der Waals surface area (Å²) in [5.41, 5.74) is 3.52. The van der Waals surface area contributed by atoms with Crippen LogP contribution in [0, 0.1) is 0 Å². The Morgan fingerprint density at radius 3 is 1.87 bits per heavy atom. The quantitative estimate of drug-likeness (QED) is 0.651. The van der Waals surface area contributed by atoms with E-state index < -0.39 is 0 Å². The van der Waals surface area contributed by atoms with Crippen LogP contribution in [0.25, 0.3) is 0 Å². The molecule has 1 aromatic carbocycles. The molecule has 1 rings (SSSR count). The predicted octanol–water partition coefficient (Wildman–Crippen LogP) is 4.72. The highest BCUT2D eigenvalue weighted by atomic mass is 14.3. The van der Waals surface area contributed by atoms with Gasteiger partial charge in [0.15, 0.2) is 0 Å². The largest absolute Gasteiger partial charge is 0.0645 e. The van der Waals surface area contributed by atoms with E-state index in [9.17, 15) is 0 Å². The summed E-state index contributed by atoms with van der Waals surface area (Å²) in [6.45, 7) is 9.21. The van der Waals surface area contributed by atoms with Crippen molar-refractivity contribution in [2.45, 2.75) is 58.8 Å². The summed E-state index contributed by atoms with van der Waals surface area (Å²) < 4.78 is 0. The van der Waals surface area contributed by atoms with Gasteiger partial charge in [-0.05, 0) is 42.2 Å². The van der Waals surface area contributed by atoms with E-state index in [0.717, 1.165) is 6.42 Å². The molecule has 84 valence electrons. The zero-order chi connectivity index (χ0) is 11.3. The number of benzene rings is 1. The summed E-state index contributed by atoms with van der Waals surface area (Å²) in [5.74, 6) is 0. The first-order valence-electron chi connectivity index (χ1n) is 6.32. The second-order valence-electron chi connectivity index (χ2n) is 4.35. The molecule has 0 atom stereocenters. The normalized spacial score (nSPS) is 11.7. The first-order chi connectivity index (χ1) is 7.24. The fourth-order valence-corrected chi connectivity index (χ4v) is 2.67. The van der Waals surface area contributed by atoms with Crippen LogP contribution in [0.1, 0.15) is 58.1 Å². The Hall–Kier alpha value is -0.780. The summed E-state index contributed by atoms with van der Waals surface area (Å²) >= 11 is 0. The Balaban J connectivity index is 3.21. The highest BCUT2D eigenvalue weighted by molar-refractivity contribution is 5.34. The summed E-state index contributed by atoms with van der Waals surface area (Å²) in [5, 5.41) is 0. The van der Waals surface area contributed by atoms with Gasteiger partial charge >= 0.3 is 0 Å². The molecule has 1 aromatic rings. The van der Waals surface area contributed by atoms with E-state index in [2.05, 4.69) is 52.0 Å². The molecule has 0 saturated heterocycles. The summed E-state index contributed by atoms with van der Waals surface area (Å²) in [6, 6.07) is 8.96. The number of hydrogen-bond acceptors (Lipinski definition) is 0. The zero-order valence-electron chi connectivity index (χ0n) is 10.6. The van der Waals surface area contributed by atoms with E-state index in [4.69, 9.17) is 0 Å². The molecule has 15 heavy (non-hydrogen) atoms. The topological polar surface area (TPSA) is 0 Å². The van der Waals surface area contributed by atoms with Crippen molar-refractivity contribution in [3.05, 3.63) is 35.4 Å². The number of rotatable bonds is 5. The lowest BCUT2D eigenvalue weighted by atomic mass is 9.72. The van der Waals surface area contributed by atoms with Crippen LogP contribution >= 0.6 is 0 Å². The molecule has 0 unspecified atom stereocenters. The van der Waals surface area contributed by atoms with Crippen LogP contribution in [0.5, 0.6) is 0 Å². The fourth-order valence-electron chi connectivity index (χ4n) is 2.67. The molecule has 0 radical (unpaired) electrons. The van der Waals surface area contributed by atoms with Crippen LogP contribution in [-0.2, 0) is 11.8 Å². The van der Waals surface area contributed by atoms with Gasteiger partial charge in [0.05, 0.1) is 0 Å². The van der Waals surface area contributed by atoms with Crippen molar-refractivity contribution < 1.29 is 0 Å². The molecule has 0 amide bonds. The average molecular weight is 204 g/mol. The molecule has 0 nitrogen and oxygen atoms in total. The van der Waals surface area contributed by atoms with Gasteiger partial charge in [-0.25, -0.2) is 0 Å². The van der Waals surface area contributed by atoms with Gasteiger partial charge in [-0.1, -0.05) is 52.0 Å². The Kier molecular flexibility index (Phi) is 4.38. The molecule has 0 heteroatoms. The average Bonchev–Trinajstić information content (AvgIpc) is 2.33. The number of hydrogen-bond donors (Lipinski definition) is 0.